The van der Waals surface area contributed by atoms with Crippen LogP contribution in [0.2, 0.25) is 0 Å². The third-order valence-corrected chi connectivity index (χ3v) is 6.90. The molecule has 0 aromatic heterocycles. The Kier molecular flexibility index (Phi) is 13.3. The van der Waals surface area contributed by atoms with E-state index < -0.39 is 46.9 Å². The summed E-state index contributed by atoms with van der Waals surface area (Å²) in [6.45, 7) is 1.30. The summed E-state index contributed by atoms with van der Waals surface area (Å²) >= 11 is 0. The third-order valence-electron chi connectivity index (χ3n) is 6.90. The van der Waals surface area contributed by atoms with E-state index in [0.29, 0.717) is 12.0 Å². The van der Waals surface area contributed by atoms with E-state index in [1.54, 1.807) is 0 Å². The highest BCUT2D eigenvalue weighted by Gasteiger charge is 2.33. The number of guanidine groups is 1. The summed E-state index contributed by atoms with van der Waals surface area (Å²) in [7, 11) is 0. The van der Waals surface area contributed by atoms with E-state index in [9.17, 15) is 34.7 Å². The van der Waals surface area contributed by atoms with Crippen molar-refractivity contribution in [2.45, 2.75) is 82.5 Å². The Morgan fingerprint density at radius 2 is 1.73 bits per heavy atom. The van der Waals surface area contributed by atoms with Crippen LogP contribution in [-0.4, -0.2) is 76.2 Å². The molecule has 0 spiro atoms. The molecule has 14 nitrogen and oxygen atoms in total. The van der Waals surface area contributed by atoms with Crippen molar-refractivity contribution in [2.24, 2.45) is 22.4 Å². The summed E-state index contributed by atoms with van der Waals surface area (Å²) in [5.74, 6) is -1.85. The Balaban J connectivity index is 2.15. The molecule has 1 fully saturated rings. The van der Waals surface area contributed by atoms with Crippen molar-refractivity contribution in [1.29, 1.82) is 0 Å². The van der Waals surface area contributed by atoms with E-state index >= 15 is 0 Å². The first-order valence-corrected chi connectivity index (χ1v) is 13.5. The minimum Gasteiger partial charge on any atom is -0.394 e. The highest BCUT2D eigenvalue weighted by atomic mass is 16.6. The average Bonchev–Trinajstić information content (AvgIpc) is 2.92. The number of nitrogens with two attached hydrogens (primary N) is 2. The van der Waals surface area contributed by atoms with Crippen LogP contribution in [0.3, 0.4) is 0 Å². The van der Waals surface area contributed by atoms with Gasteiger partial charge >= 0.3 is 0 Å². The molecule has 1 aromatic rings. The van der Waals surface area contributed by atoms with Crippen molar-refractivity contribution in [1.82, 2.24) is 16.0 Å². The Morgan fingerprint density at radius 3 is 2.27 bits per heavy atom. The molecule has 1 unspecified atom stereocenters. The van der Waals surface area contributed by atoms with Gasteiger partial charge in [-0.25, -0.2) is 0 Å². The van der Waals surface area contributed by atoms with E-state index in [0.717, 1.165) is 32.1 Å². The maximum absolute atomic E-state index is 13.3. The number of aliphatic hydroxyl groups excluding tert-OH is 2. The van der Waals surface area contributed by atoms with Gasteiger partial charge in [0.1, 0.15) is 12.1 Å². The number of aliphatic hydroxyl groups is 2. The number of amides is 3. The third kappa shape index (κ3) is 10.8. The second kappa shape index (κ2) is 16.4. The fourth-order valence-electron chi connectivity index (χ4n) is 4.69. The number of aliphatic imine (C=N–C) groups is 1. The minimum absolute atomic E-state index is 0.0146. The fraction of sp³-hybridized carbons (Fsp3) is 0.615. The molecule has 14 heteroatoms. The normalized spacial score (nSPS) is 16.6. The molecular weight excluding hydrogens is 522 g/mol. The molecule has 2 rings (SSSR count). The van der Waals surface area contributed by atoms with Crippen LogP contribution in [0.4, 0.5) is 5.69 Å². The fourth-order valence-corrected chi connectivity index (χ4v) is 4.69. The molecule has 0 heterocycles. The van der Waals surface area contributed by atoms with Crippen LogP contribution in [0.1, 0.15) is 57.4 Å². The molecule has 40 heavy (non-hydrogen) atoms. The zero-order valence-electron chi connectivity index (χ0n) is 22.8. The quantitative estimate of drug-likeness (QED) is 0.0482. The molecular formula is C26H41N7O7. The number of non-ortho nitro benzene ring substituents is 1. The smallest absolute Gasteiger partial charge is 0.269 e. The van der Waals surface area contributed by atoms with E-state index in [4.69, 9.17) is 11.5 Å². The lowest BCUT2D eigenvalue weighted by atomic mass is 9.84. The number of benzene rings is 1. The lowest BCUT2D eigenvalue weighted by Gasteiger charge is -2.32. The largest absolute Gasteiger partial charge is 0.394 e. The number of nitro benzene ring substituents is 1. The van der Waals surface area contributed by atoms with Gasteiger partial charge in [0.2, 0.25) is 17.7 Å². The minimum atomic E-state index is -1.34. The number of nitro groups is 1. The van der Waals surface area contributed by atoms with Gasteiger partial charge in [0.25, 0.3) is 5.69 Å². The summed E-state index contributed by atoms with van der Waals surface area (Å²) < 4.78 is 0. The van der Waals surface area contributed by atoms with Gasteiger partial charge in [-0.1, -0.05) is 31.4 Å². The SMILES string of the molecule is CC(O)[C@H](NC(=O)[C@H](Cc1ccc([N+](=O)[O-])cc1)NC(=O)CCCN=C(N)N)C(=O)N[C@H](CO)C1CCCCC1. The molecule has 0 radical (unpaired) electrons. The molecule has 1 aliphatic carbocycles. The molecule has 4 atom stereocenters. The topological polar surface area (TPSA) is 235 Å². The van der Waals surface area contributed by atoms with Gasteiger partial charge in [-0.3, -0.25) is 29.5 Å². The van der Waals surface area contributed by atoms with Crippen molar-refractivity contribution in [3.8, 4) is 0 Å². The lowest BCUT2D eigenvalue weighted by molar-refractivity contribution is -0.384. The van der Waals surface area contributed by atoms with Gasteiger partial charge in [0.15, 0.2) is 5.96 Å². The van der Waals surface area contributed by atoms with Crippen LogP contribution < -0.4 is 27.4 Å². The Morgan fingerprint density at radius 1 is 1.07 bits per heavy atom. The Bertz CT molecular complexity index is 1020. The number of nitrogens with one attached hydrogen (secondary N) is 3. The molecule has 1 aromatic carbocycles. The predicted octanol–water partition coefficient (Wildman–Crippen LogP) is -0.401. The molecule has 1 saturated carbocycles. The van der Waals surface area contributed by atoms with E-state index in [1.807, 2.05) is 0 Å². The monoisotopic (exact) mass is 563 g/mol. The molecule has 0 aliphatic heterocycles. The first kappa shape index (κ1) is 32.4. The first-order valence-electron chi connectivity index (χ1n) is 13.5. The molecule has 0 bridgehead atoms. The van der Waals surface area contributed by atoms with Gasteiger partial charge < -0.3 is 37.6 Å². The second-order valence-electron chi connectivity index (χ2n) is 10.1. The van der Waals surface area contributed by atoms with Crippen molar-refractivity contribution >= 4 is 29.4 Å². The van der Waals surface area contributed by atoms with Crippen LogP contribution in [-0.2, 0) is 20.8 Å². The van der Waals surface area contributed by atoms with Gasteiger partial charge in [0.05, 0.1) is 23.7 Å². The van der Waals surface area contributed by atoms with Crippen molar-refractivity contribution in [3.05, 3.63) is 39.9 Å². The standard InChI is InChI=1S/C26H41N7O7/c1-16(35)23(25(38)31-21(15-34)18-6-3-2-4-7-18)32-24(37)20(30-22(36)8-5-13-29-26(27)28)14-17-9-11-19(12-10-17)33(39)40/h9-12,16,18,20-21,23,34-35H,2-8,13-15H2,1H3,(H,30,36)(H,31,38)(H,32,37)(H4,27,28,29)/t16?,20-,21+,23-/m0/s1. The van der Waals surface area contributed by atoms with Crippen LogP contribution >= 0.6 is 0 Å². The Hall–Kier alpha value is -3.78. The maximum atomic E-state index is 13.3. The summed E-state index contributed by atoms with van der Waals surface area (Å²) in [4.78, 5) is 53.3. The van der Waals surface area contributed by atoms with E-state index in [2.05, 4.69) is 20.9 Å². The number of carbonyl (C=O) groups is 3. The predicted molar refractivity (Wildman–Crippen MR) is 148 cm³/mol. The summed E-state index contributed by atoms with van der Waals surface area (Å²) in [5.41, 5.74) is 11.0. The van der Waals surface area contributed by atoms with Crippen molar-refractivity contribution in [2.75, 3.05) is 13.2 Å². The number of hydrogen-bond donors (Lipinski definition) is 7. The number of rotatable bonds is 15. The van der Waals surface area contributed by atoms with Crippen molar-refractivity contribution in [3.63, 3.8) is 0 Å². The number of nitrogens with zero attached hydrogens (tertiary/aromatic N) is 2. The van der Waals surface area contributed by atoms with E-state index in [1.165, 1.54) is 31.2 Å². The highest BCUT2D eigenvalue weighted by molar-refractivity contribution is 5.92. The Labute approximate surface area is 233 Å². The number of carbonyl (C=O) groups excluding carboxylic acids is 3. The molecule has 1 aliphatic rings. The highest BCUT2D eigenvalue weighted by Crippen LogP contribution is 2.26. The van der Waals surface area contributed by atoms with Gasteiger partial charge in [-0.05, 0) is 37.7 Å². The van der Waals surface area contributed by atoms with E-state index in [-0.39, 0.29) is 43.6 Å². The van der Waals surface area contributed by atoms with Crippen LogP contribution in [0.5, 0.6) is 0 Å². The summed E-state index contributed by atoms with van der Waals surface area (Å²) in [5, 5.41) is 39.1. The maximum Gasteiger partial charge on any atom is 0.269 e. The van der Waals surface area contributed by atoms with Gasteiger partial charge in [-0.15, -0.1) is 0 Å². The second-order valence-corrected chi connectivity index (χ2v) is 10.1. The number of hydrogen-bond acceptors (Lipinski definition) is 8. The van der Waals surface area contributed by atoms with Crippen molar-refractivity contribution < 1.29 is 29.5 Å². The molecule has 9 N–H and O–H groups in total. The van der Waals surface area contributed by atoms with Gasteiger partial charge in [0, 0.05) is 31.5 Å². The van der Waals surface area contributed by atoms with Crippen LogP contribution in [0, 0.1) is 16.0 Å². The molecule has 222 valence electrons. The molecule has 3 amide bonds. The summed E-state index contributed by atoms with van der Waals surface area (Å²) in [6, 6.07) is 2.51. The van der Waals surface area contributed by atoms with Crippen LogP contribution in [0.25, 0.3) is 0 Å². The molecule has 0 saturated heterocycles. The average molecular weight is 564 g/mol. The lowest BCUT2D eigenvalue weighted by Crippen LogP contribution is -2.59. The summed E-state index contributed by atoms with van der Waals surface area (Å²) in [6.07, 6.45) is 3.87. The first-order chi connectivity index (χ1) is 19.0. The zero-order valence-corrected chi connectivity index (χ0v) is 22.8. The van der Waals surface area contributed by atoms with Gasteiger partial charge in [-0.2, -0.15) is 0 Å². The zero-order chi connectivity index (χ0) is 29.7. The van der Waals surface area contributed by atoms with Crippen LogP contribution in [0.15, 0.2) is 29.3 Å².